The number of nitrogens with two attached hydrogens (primary N) is 2. The van der Waals surface area contributed by atoms with Gasteiger partial charge >= 0.3 is 10.3 Å². The second-order valence-corrected chi connectivity index (χ2v) is 4.04. The van der Waals surface area contributed by atoms with Crippen LogP contribution in [-0.2, 0) is 24.8 Å². The molecule has 0 unspecified atom stereocenters. The van der Waals surface area contributed by atoms with Crippen molar-refractivity contribution in [3.63, 3.8) is 0 Å². The molecule has 0 amide bonds. The van der Waals surface area contributed by atoms with Gasteiger partial charge < -0.3 is 0 Å². The van der Waals surface area contributed by atoms with Crippen LogP contribution in [0.25, 0.3) is 0 Å². The first kappa shape index (κ1) is 9.74. The number of nitrogens with one attached hydrogen (secondary N) is 1. The van der Waals surface area contributed by atoms with Crippen LogP contribution in [0.4, 0.5) is 0 Å². The minimum Gasteiger partial charge on any atom is -0.215 e. The van der Waals surface area contributed by atoms with E-state index < -0.39 is 20.5 Å². The summed E-state index contributed by atoms with van der Waals surface area (Å²) in [6.07, 6.45) is 0. The quantitative estimate of drug-likeness (QED) is 0.404. The van der Waals surface area contributed by atoms with Gasteiger partial charge in [0, 0.05) is 0 Å². The average Bonchev–Trinajstić information content (AvgIpc) is 1.60. The summed E-state index contributed by atoms with van der Waals surface area (Å²) in [7, 11) is -8.80. The van der Waals surface area contributed by atoms with Gasteiger partial charge in [-0.25, -0.2) is 5.14 Å². The van der Waals surface area contributed by atoms with E-state index in [4.69, 9.17) is 0 Å². The molecule has 5 N–H and O–H groups in total. The lowest BCUT2D eigenvalue weighted by Crippen LogP contribution is -2.38. The SMILES string of the molecule is NOS(=O)(=O)NS(N)(=O)=O. The van der Waals surface area contributed by atoms with Gasteiger partial charge in [0.15, 0.2) is 0 Å². The highest BCUT2D eigenvalue weighted by molar-refractivity contribution is 8.01. The van der Waals surface area contributed by atoms with Crippen LogP contribution in [0.1, 0.15) is 0 Å². The van der Waals surface area contributed by atoms with Crippen LogP contribution in [0.2, 0.25) is 0 Å². The molecule has 0 aromatic heterocycles. The van der Waals surface area contributed by atoms with Crippen molar-refractivity contribution in [2.75, 3.05) is 0 Å². The normalized spacial score (nSPS) is 13.4. The van der Waals surface area contributed by atoms with Crippen LogP contribution in [0.5, 0.6) is 0 Å². The van der Waals surface area contributed by atoms with Crippen molar-refractivity contribution >= 4 is 20.5 Å². The monoisotopic (exact) mass is 191 g/mol. The highest BCUT2D eigenvalue weighted by Crippen LogP contribution is 1.80. The van der Waals surface area contributed by atoms with Gasteiger partial charge in [0.1, 0.15) is 0 Å². The molecule has 0 rings (SSSR count). The third-order valence-corrected chi connectivity index (χ3v) is 2.34. The van der Waals surface area contributed by atoms with Crippen LogP contribution < -0.4 is 15.2 Å². The fraction of sp³-hybridized carbons (Fsp3) is 0. The molecule has 0 spiro atoms. The maximum Gasteiger partial charge on any atom is 0.365 e. The highest BCUT2D eigenvalue weighted by Gasteiger charge is 2.15. The molecule has 0 bridgehead atoms. The lowest BCUT2D eigenvalue weighted by atomic mass is 13.6. The maximum atomic E-state index is 10.1. The van der Waals surface area contributed by atoms with E-state index in [1.54, 1.807) is 0 Å². The molecule has 0 atom stereocenters. The molecule has 0 heterocycles. The Bertz CT molecular complexity index is 283. The Kier molecular flexibility index (Phi) is 2.70. The van der Waals surface area contributed by atoms with Crippen molar-refractivity contribution in [1.82, 2.24) is 4.13 Å². The molecule has 0 saturated heterocycles. The van der Waals surface area contributed by atoms with Crippen molar-refractivity contribution in [3.8, 4) is 0 Å². The van der Waals surface area contributed by atoms with E-state index >= 15 is 0 Å². The van der Waals surface area contributed by atoms with Gasteiger partial charge in [-0.3, -0.25) is 0 Å². The predicted molar refractivity (Wildman–Crippen MR) is 30.4 cm³/mol. The van der Waals surface area contributed by atoms with Crippen molar-refractivity contribution in [2.24, 2.45) is 11.0 Å². The Morgan fingerprint density at radius 2 is 1.60 bits per heavy atom. The van der Waals surface area contributed by atoms with Crippen LogP contribution in [0.3, 0.4) is 0 Å². The molecule has 0 radical (unpaired) electrons. The van der Waals surface area contributed by atoms with Gasteiger partial charge in [0.25, 0.3) is 10.2 Å². The van der Waals surface area contributed by atoms with Crippen LogP contribution in [-0.4, -0.2) is 16.8 Å². The average molecular weight is 191 g/mol. The van der Waals surface area contributed by atoms with E-state index in [2.05, 4.69) is 15.3 Å². The Labute approximate surface area is 57.5 Å². The molecular weight excluding hydrogens is 186 g/mol. The molecule has 0 aliphatic rings. The second kappa shape index (κ2) is 2.77. The molecule has 8 nitrogen and oxygen atoms in total. The zero-order chi connectivity index (χ0) is 8.41. The Morgan fingerprint density at radius 3 is 1.70 bits per heavy atom. The number of hydrogen-bond acceptors (Lipinski definition) is 6. The summed E-state index contributed by atoms with van der Waals surface area (Å²) in [5.41, 5.74) is 0. The Balaban J connectivity index is 4.49. The smallest absolute Gasteiger partial charge is 0.215 e. The summed E-state index contributed by atoms with van der Waals surface area (Å²) in [5, 5.41) is 4.24. The first-order valence-electron chi connectivity index (χ1n) is 1.71. The van der Waals surface area contributed by atoms with E-state index in [1.807, 2.05) is 0 Å². The van der Waals surface area contributed by atoms with Gasteiger partial charge in [-0.15, -0.1) is 0 Å². The maximum absolute atomic E-state index is 10.1. The van der Waals surface area contributed by atoms with Gasteiger partial charge in [-0.1, -0.05) is 4.13 Å². The van der Waals surface area contributed by atoms with E-state index in [1.165, 1.54) is 0 Å². The zero-order valence-electron chi connectivity index (χ0n) is 4.51. The van der Waals surface area contributed by atoms with Gasteiger partial charge in [0.2, 0.25) is 0 Å². The van der Waals surface area contributed by atoms with E-state index in [-0.39, 0.29) is 0 Å². The first-order valence-corrected chi connectivity index (χ1v) is 4.67. The van der Waals surface area contributed by atoms with Gasteiger partial charge in [-0.05, 0) is 0 Å². The molecular formula is H5N3O5S2. The second-order valence-electron chi connectivity index (χ2n) is 1.18. The molecule has 62 valence electrons. The molecule has 0 aromatic rings. The summed E-state index contributed by atoms with van der Waals surface area (Å²) in [6, 6.07) is 0. The summed E-state index contributed by atoms with van der Waals surface area (Å²) in [5.74, 6) is 4.14. The molecule has 0 aliphatic heterocycles. The summed E-state index contributed by atoms with van der Waals surface area (Å²) in [4.78, 5) is 0. The molecule has 0 saturated carbocycles. The zero-order valence-corrected chi connectivity index (χ0v) is 6.15. The minimum absolute atomic E-state index is 0.920. The van der Waals surface area contributed by atoms with Gasteiger partial charge in [-0.2, -0.15) is 27.0 Å². The van der Waals surface area contributed by atoms with Crippen molar-refractivity contribution in [3.05, 3.63) is 0 Å². The van der Waals surface area contributed by atoms with Crippen molar-refractivity contribution < 1.29 is 21.1 Å². The fourth-order valence-corrected chi connectivity index (χ4v) is 1.46. The molecule has 10 heteroatoms. The van der Waals surface area contributed by atoms with Crippen molar-refractivity contribution in [2.45, 2.75) is 0 Å². The minimum atomic E-state index is -4.46. The first-order chi connectivity index (χ1) is 4.27. The number of rotatable bonds is 3. The fourth-order valence-electron chi connectivity index (χ4n) is 0.162. The topological polar surface area (TPSA) is 142 Å². The molecule has 0 aromatic carbocycles. The third kappa shape index (κ3) is 4.60. The van der Waals surface area contributed by atoms with Gasteiger partial charge in [0.05, 0.1) is 0 Å². The highest BCUT2D eigenvalue weighted by atomic mass is 32.3. The Morgan fingerprint density at radius 1 is 1.20 bits per heavy atom. The summed E-state index contributed by atoms with van der Waals surface area (Å²) < 4.78 is 44.2. The summed E-state index contributed by atoms with van der Waals surface area (Å²) in [6.45, 7) is 0. The molecule has 0 aliphatic carbocycles. The number of hydrogen-bond donors (Lipinski definition) is 3. The van der Waals surface area contributed by atoms with E-state index in [9.17, 15) is 16.8 Å². The van der Waals surface area contributed by atoms with E-state index in [0.717, 1.165) is 4.13 Å². The Hall–Kier alpha value is -0.260. The van der Waals surface area contributed by atoms with E-state index in [0.29, 0.717) is 0 Å². The largest absolute Gasteiger partial charge is 0.365 e. The molecule has 10 heavy (non-hydrogen) atoms. The van der Waals surface area contributed by atoms with Crippen LogP contribution >= 0.6 is 0 Å². The third-order valence-electron chi connectivity index (χ3n) is 0.345. The lowest BCUT2D eigenvalue weighted by molar-refractivity contribution is 0.330. The lowest BCUT2D eigenvalue weighted by Gasteiger charge is -1.97. The van der Waals surface area contributed by atoms with Crippen LogP contribution in [0, 0.1) is 0 Å². The summed E-state index contributed by atoms with van der Waals surface area (Å²) >= 11 is 0. The standard InChI is InChI=1S/H5N3O5S2/c1-8-10(6,7)3-9(2,4)5/h3H,1H2,(H2,2,4,5). The predicted octanol–water partition coefficient (Wildman–Crippen LogP) is -3.09. The molecule has 0 fully saturated rings. The van der Waals surface area contributed by atoms with Crippen molar-refractivity contribution in [1.29, 1.82) is 0 Å². The van der Waals surface area contributed by atoms with Crippen LogP contribution in [0.15, 0.2) is 0 Å².